The number of rotatable bonds is 7. The minimum Gasteiger partial charge on any atom is -0.361 e. The number of carbonyl (C=O) groups is 2. The molecule has 0 radical (unpaired) electrons. The fourth-order valence-electron chi connectivity index (χ4n) is 6.24. The molecular formula is C26H37N3O2. The molecule has 2 heterocycles. The molecule has 2 aliphatic rings. The van der Waals surface area contributed by atoms with Crippen molar-refractivity contribution in [3.8, 4) is 0 Å². The fourth-order valence-corrected chi connectivity index (χ4v) is 6.24. The van der Waals surface area contributed by atoms with Crippen molar-refractivity contribution >= 4 is 22.7 Å². The molecule has 3 atom stereocenters. The van der Waals surface area contributed by atoms with E-state index in [2.05, 4.69) is 49.0 Å². The summed E-state index contributed by atoms with van der Waals surface area (Å²) >= 11 is 0. The lowest BCUT2D eigenvalue weighted by Gasteiger charge is -2.39. The number of amides is 2. The number of fused-ring (bicyclic) bond motifs is 3. The van der Waals surface area contributed by atoms with E-state index >= 15 is 0 Å². The molecule has 1 aromatic carbocycles. The lowest BCUT2D eigenvalue weighted by molar-refractivity contribution is -0.137. The number of hydrogen-bond acceptors (Lipinski definition) is 2. The number of nitrogens with one attached hydrogen (secondary N) is 2. The van der Waals surface area contributed by atoms with Gasteiger partial charge in [-0.1, -0.05) is 52.3 Å². The highest BCUT2D eigenvalue weighted by Crippen LogP contribution is 2.52. The van der Waals surface area contributed by atoms with E-state index in [-0.39, 0.29) is 28.7 Å². The molecule has 2 N–H and O–H groups in total. The van der Waals surface area contributed by atoms with Crippen LogP contribution in [0, 0.1) is 10.8 Å². The zero-order valence-corrected chi connectivity index (χ0v) is 19.5. The first-order chi connectivity index (χ1) is 14.7. The van der Waals surface area contributed by atoms with Crippen molar-refractivity contribution in [3.05, 3.63) is 36.0 Å². The van der Waals surface area contributed by atoms with Crippen LogP contribution in [0.25, 0.3) is 10.9 Å². The van der Waals surface area contributed by atoms with Crippen molar-refractivity contribution in [1.29, 1.82) is 0 Å². The van der Waals surface area contributed by atoms with Gasteiger partial charge in [-0.3, -0.25) is 9.59 Å². The van der Waals surface area contributed by atoms with Crippen LogP contribution in [-0.2, 0) is 16.0 Å². The number of likely N-dealkylation sites (tertiary alicyclic amines) is 1. The van der Waals surface area contributed by atoms with Gasteiger partial charge in [-0.15, -0.1) is 0 Å². The normalized spacial score (nSPS) is 25.5. The molecule has 5 nitrogen and oxygen atoms in total. The van der Waals surface area contributed by atoms with Gasteiger partial charge in [0, 0.05) is 42.5 Å². The monoisotopic (exact) mass is 423 g/mol. The molecule has 2 amide bonds. The SMILES string of the molecule is CCCCC(=O)NC(Cc1c[nH]c2ccccc12)C(=O)N1CC2(C)CC1CC(C)(C)C2. The van der Waals surface area contributed by atoms with Crippen LogP contribution in [0.15, 0.2) is 30.5 Å². The number of carbonyl (C=O) groups excluding carboxylic acids is 2. The lowest BCUT2D eigenvalue weighted by Crippen LogP contribution is -2.51. The number of aromatic nitrogens is 1. The summed E-state index contributed by atoms with van der Waals surface area (Å²) < 4.78 is 0. The smallest absolute Gasteiger partial charge is 0.245 e. The highest BCUT2D eigenvalue weighted by Gasteiger charge is 2.51. The van der Waals surface area contributed by atoms with E-state index in [1.54, 1.807) is 0 Å². The quantitative estimate of drug-likeness (QED) is 0.671. The Balaban J connectivity index is 1.58. The maximum atomic E-state index is 13.8. The molecule has 168 valence electrons. The van der Waals surface area contributed by atoms with Crippen LogP contribution < -0.4 is 5.32 Å². The minimum absolute atomic E-state index is 0.0197. The molecule has 1 saturated carbocycles. The maximum absolute atomic E-state index is 13.8. The summed E-state index contributed by atoms with van der Waals surface area (Å²) in [7, 11) is 0. The maximum Gasteiger partial charge on any atom is 0.245 e. The summed E-state index contributed by atoms with van der Waals surface area (Å²) in [6.45, 7) is 9.84. The van der Waals surface area contributed by atoms with E-state index in [0.29, 0.717) is 12.8 Å². The van der Waals surface area contributed by atoms with Crippen LogP contribution in [0.1, 0.15) is 71.8 Å². The molecule has 1 aliphatic heterocycles. The Bertz CT molecular complexity index is 962. The Labute approximate surface area is 186 Å². The summed E-state index contributed by atoms with van der Waals surface area (Å²) in [5.41, 5.74) is 2.58. The van der Waals surface area contributed by atoms with E-state index in [4.69, 9.17) is 0 Å². The summed E-state index contributed by atoms with van der Waals surface area (Å²) in [6, 6.07) is 7.90. The number of benzene rings is 1. The Morgan fingerprint density at radius 1 is 1.23 bits per heavy atom. The average Bonchev–Trinajstić information content (AvgIpc) is 3.22. The number of hydrogen-bond donors (Lipinski definition) is 2. The van der Waals surface area contributed by atoms with E-state index in [1.807, 2.05) is 24.4 Å². The van der Waals surface area contributed by atoms with Crippen molar-refractivity contribution in [2.45, 2.75) is 84.7 Å². The van der Waals surface area contributed by atoms with Gasteiger partial charge in [0.25, 0.3) is 0 Å². The molecule has 31 heavy (non-hydrogen) atoms. The van der Waals surface area contributed by atoms with E-state index < -0.39 is 6.04 Å². The van der Waals surface area contributed by atoms with Gasteiger partial charge >= 0.3 is 0 Å². The first-order valence-electron chi connectivity index (χ1n) is 11.8. The molecule has 2 aromatic rings. The predicted octanol–water partition coefficient (Wildman–Crippen LogP) is 4.81. The highest BCUT2D eigenvalue weighted by atomic mass is 16.2. The second kappa shape index (κ2) is 8.33. The molecule has 2 bridgehead atoms. The van der Waals surface area contributed by atoms with E-state index in [1.165, 1.54) is 0 Å². The molecule has 1 aromatic heterocycles. The van der Waals surface area contributed by atoms with Gasteiger partial charge in [0.15, 0.2) is 0 Å². The Morgan fingerprint density at radius 2 is 2.00 bits per heavy atom. The van der Waals surface area contributed by atoms with Gasteiger partial charge in [0.1, 0.15) is 6.04 Å². The predicted molar refractivity (Wildman–Crippen MR) is 125 cm³/mol. The van der Waals surface area contributed by atoms with Gasteiger partial charge in [0.05, 0.1) is 0 Å². The largest absolute Gasteiger partial charge is 0.361 e. The van der Waals surface area contributed by atoms with Crippen LogP contribution in [0.5, 0.6) is 0 Å². The fraction of sp³-hybridized carbons (Fsp3) is 0.615. The third-order valence-electron chi connectivity index (χ3n) is 7.19. The number of nitrogens with zero attached hydrogens (tertiary/aromatic N) is 1. The molecule has 5 heteroatoms. The minimum atomic E-state index is -0.519. The third-order valence-corrected chi connectivity index (χ3v) is 7.19. The van der Waals surface area contributed by atoms with Crippen molar-refractivity contribution < 1.29 is 9.59 Å². The van der Waals surface area contributed by atoms with Crippen LogP contribution >= 0.6 is 0 Å². The standard InChI is InChI=1S/C26H37N3O2/c1-5-6-11-23(30)28-22(12-18-15-27-21-10-8-7-9-20(18)21)24(31)29-17-26(4)14-19(29)13-25(2,3)16-26/h7-10,15,19,22,27H,5-6,11-14,16-17H2,1-4H3,(H,28,30). The molecule has 2 fully saturated rings. The zero-order valence-electron chi connectivity index (χ0n) is 19.5. The third kappa shape index (κ3) is 4.65. The number of para-hydroxylation sites is 1. The topological polar surface area (TPSA) is 65.2 Å². The molecule has 1 aliphatic carbocycles. The van der Waals surface area contributed by atoms with Gasteiger partial charge < -0.3 is 15.2 Å². The second-order valence-corrected chi connectivity index (χ2v) is 11.0. The van der Waals surface area contributed by atoms with Crippen molar-refractivity contribution in [2.75, 3.05) is 6.54 Å². The van der Waals surface area contributed by atoms with Gasteiger partial charge in [-0.2, -0.15) is 0 Å². The van der Waals surface area contributed by atoms with Gasteiger partial charge in [0.2, 0.25) is 11.8 Å². The molecule has 1 saturated heterocycles. The van der Waals surface area contributed by atoms with E-state index in [0.717, 1.165) is 55.1 Å². The summed E-state index contributed by atoms with van der Waals surface area (Å²) in [6.07, 6.45) is 8.05. The Morgan fingerprint density at radius 3 is 2.77 bits per heavy atom. The van der Waals surface area contributed by atoms with Crippen LogP contribution in [0.3, 0.4) is 0 Å². The summed E-state index contributed by atoms with van der Waals surface area (Å²) in [4.78, 5) is 31.8. The summed E-state index contributed by atoms with van der Waals surface area (Å²) in [5, 5.41) is 4.22. The highest BCUT2D eigenvalue weighted by molar-refractivity contribution is 5.90. The van der Waals surface area contributed by atoms with Crippen molar-refractivity contribution in [2.24, 2.45) is 10.8 Å². The second-order valence-electron chi connectivity index (χ2n) is 11.0. The first kappa shape index (κ1) is 21.9. The van der Waals surface area contributed by atoms with Crippen molar-refractivity contribution in [1.82, 2.24) is 15.2 Å². The molecule has 4 rings (SSSR count). The Kier molecular flexibility index (Phi) is 5.89. The van der Waals surface area contributed by atoms with Crippen LogP contribution in [-0.4, -0.2) is 40.3 Å². The molecule has 0 spiro atoms. The summed E-state index contributed by atoms with van der Waals surface area (Å²) in [5.74, 6) is 0.0651. The first-order valence-corrected chi connectivity index (χ1v) is 11.8. The number of unbranched alkanes of at least 4 members (excludes halogenated alkanes) is 1. The molecule has 3 unspecified atom stereocenters. The number of aromatic amines is 1. The number of H-pyrrole nitrogens is 1. The average molecular weight is 424 g/mol. The van der Waals surface area contributed by atoms with Crippen LogP contribution in [0.2, 0.25) is 0 Å². The van der Waals surface area contributed by atoms with Gasteiger partial charge in [-0.05, 0) is 48.1 Å². The van der Waals surface area contributed by atoms with Crippen LogP contribution in [0.4, 0.5) is 0 Å². The lowest BCUT2D eigenvalue weighted by atomic mass is 9.65. The van der Waals surface area contributed by atoms with E-state index in [9.17, 15) is 9.59 Å². The van der Waals surface area contributed by atoms with Crippen molar-refractivity contribution in [3.63, 3.8) is 0 Å². The van der Waals surface area contributed by atoms with Gasteiger partial charge in [-0.25, -0.2) is 0 Å². The Hall–Kier alpha value is -2.30. The molecular weight excluding hydrogens is 386 g/mol. The zero-order chi connectivity index (χ0) is 22.2.